The Balaban J connectivity index is 1.79. The third kappa shape index (κ3) is 4.60. The monoisotopic (exact) mass is 450 g/mol. The maximum Gasteiger partial charge on any atom is 0.247 e. The van der Waals surface area contributed by atoms with Crippen molar-refractivity contribution in [1.29, 1.82) is 0 Å². The van der Waals surface area contributed by atoms with Crippen LogP contribution < -0.4 is 10.5 Å². The van der Waals surface area contributed by atoms with Gasteiger partial charge in [0, 0.05) is 11.6 Å². The second kappa shape index (κ2) is 8.26. The highest BCUT2D eigenvalue weighted by Gasteiger charge is 2.41. The number of sulfone groups is 1. The van der Waals surface area contributed by atoms with E-state index in [2.05, 4.69) is 5.32 Å². The van der Waals surface area contributed by atoms with Gasteiger partial charge in [0.15, 0.2) is 9.84 Å². The SMILES string of the molecule is CCNC1CC(CCSCc2ccco2)S(=O)(=O)c2sc(S(N)(=O)=O)cc21. The molecule has 0 bridgehead atoms. The van der Waals surface area contributed by atoms with Gasteiger partial charge in [-0.05, 0) is 43.3 Å². The van der Waals surface area contributed by atoms with Crippen molar-refractivity contribution >= 4 is 43.0 Å². The third-order valence-electron chi connectivity index (χ3n) is 4.41. The lowest BCUT2D eigenvalue weighted by molar-refractivity contribution is 0.464. The summed E-state index contributed by atoms with van der Waals surface area (Å²) in [4.78, 5) is 0. The van der Waals surface area contributed by atoms with E-state index < -0.39 is 25.1 Å². The predicted octanol–water partition coefficient (Wildman–Crippen LogP) is 2.51. The Kier molecular flexibility index (Phi) is 6.38. The lowest BCUT2D eigenvalue weighted by Gasteiger charge is -2.29. The normalized spacial score (nSPS) is 21.9. The fourth-order valence-corrected chi connectivity index (χ4v) is 8.94. The number of sulfonamides is 1. The number of furan rings is 1. The lowest BCUT2D eigenvalue weighted by atomic mass is 10.0. The van der Waals surface area contributed by atoms with Crippen LogP contribution in [0, 0.1) is 0 Å². The molecule has 1 aliphatic rings. The number of hydrogen-bond donors (Lipinski definition) is 2. The van der Waals surface area contributed by atoms with E-state index in [1.165, 1.54) is 6.07 Å². The van der Waals surface area contributed by atoms with Crippen LogP contribution in [-0.4, -0.2) is 34.4 Å². The highest BCUT2D eigenvalue weighted by atomic mass is 32.3. The number of rotatable bonds is 8. The second-order valence-electron chi connectivity index (χ2n) is 6.29. The molecule has 7 nitrogen and oxygen atoms in total. The Morgan fingerprint density at radius 2 is 2.22 bits per heavy atom. The smallest absolute Gasteiger partial charge is 0.247 e. The molecule has 3 heterocycles. The van der Waals surface area contributed by atoms with E-state index in [0.717, 1.165) is 17.1 Å². The van der Waals surface area contributed by atoms with Gasteiger partial charge < -0.3 is 9.73 Å². The fourth-order valence-electron chi connectivity index (χ4n) is 3.13. The third-order valence-corrected chi connectivity index (χ3v) is 10.8. The van der Waals surface area contributed by atoms with Gasteiger partial charge in [0.05, 0.1) is 17.3 Å². The molecule has 0 saturated heterocycles. The van der Waals surface area contributed by atoms with Crippen molar-refractivity contribution in [1.82, 2.24) is 5.32 Å². The molecule has 0 fully saturated rings. The summed E-state index contributed by atoms with van der Waals surface area (Å²) in [7, 11) is -7.52. The first-order chi connectivity index (χ1) is 12.7. The van der Waals surface area contributed by atoms with Gasteiger partial charge in [-0.3, -0.25) is 0 Å². The zero-order valence-corrected chi connectivity index (χ0v) is 18.0. The van der Waals surface area contributed by atoms with E-state index in [1.54, 1.807) is 18.0 Å². The molecular formula is C16H22N2O5S4. The highest BCUT2D eigenvalue weighted by molar-refractivity contribution is 7.98. The molecule has 0 radical (unpaired) electrons. The van der Waals surface area contributed by atoms with Gasteiger partial charge in [0.25, 0.3) is 0 Å². The van der Waals surface area contributed by atoms with Crippen LogP contribution in [0.1, 0.15) is 37.1 Å². The molecule has 0 amide bonds. The van der Waals surface area contributed by atoms with Crippen LogP contribution in [0.2, 0.25) is 0 Å². The summed E-state index contributed by atoms with van der Waals surface area (Å²) in [6.45, 7) is 2.59. The highest BCUT2D eigenvalue weighted by Crippen LogP contribution is 2.43. The van der Waals surface area contributed by atoms with Crippen molar-refractivity contribution in [3.05, 3.63) is 35.8 Å². The van der Waals surface area contributed by atoms with Crippen LogP contribution in [0.15, 0.2) is 37.3 Å². The van der Waals surface area contributed by atoms with Crippen LogP contribution in [0.3, 0.4) is 0 Å². The number of primary sulfonamides is 1. The fraction of sp³-hybridized carbons (Fsp3) is 0.500. The molecule has 2 aromatic rings. The number of hydrogen-bond acceptors (Lipinski definition) is 8. The van der Waals surface area contributed by atoms with Crippen LogP contribution in [0.5, 0.6) is 0 Å². The molecule has 3 rings (SSSR count). The van der Waals surface area contributed by atoms with Crippen LogP contribution in [0.25, 0.3) is 0 Å². The minimum atomic E-state index is -3.94. The van der Waals surface area contributed by atoms with Crippen molar-refractivity contribution in [2.24, 2.45) is 5.14 Å². The van der Waals surface area contributed by atoms with Crippen LogP contribution in [0.4, 0.5) is 0 Å². The molecule has 150 valence electrons. The molecule has 1 aliphatic heterocycles. The average Bonchev–Trinajstić information content (AvgIpc) is 3.24. The summed E-state index contributed by atoms with van der Waals surface area (Å²) in [5.74, 6) is 2.22. The minimum absolute atomic E-state index is 0.105. The molecule has 0 aliphatic carbocycles. The van der Waals surface area contributed by atoms with E-state index in [9.17, 15) is 16.8 Å². The van der Waals surface area contributed by atoms with Gasteiger partial charge >= 0.3 is 0 Å². The van der Waals surface area contributed by atoms with Crippen molar-refractivity contribution in [3.63, 3.8) is 0 Å². The topological polar surface area (TPSA) is 119 Å². The number of thiophene rings is 1. The summed E-state index contributed by atoms with van der Waals surface area (Å²) in [5, 5.41) is 7.93. The molecule has 2 atom stereocenters. The summed E-state index contributed by atoms with van der Waals surface area (Å²) in [6.07, 6.45) is 2.53. The summed E-state index contributed by atoms with van der Waals surface area (Å²) in [6, 6.07) is 4.92. The van der Waals surface area contributed by atoms with Crippen molar-refractivity contribution in [2.75, 3.05) is 12.3 Å². The van der Waals surface area contributed by atoms with Crippen molar-refractivity contribution in [3.8, 4) is 0 Å². The molecule has 11 heteroatoms. The number of nitrogens with two attached hydrogens (primary N) is 1. The molecular weight excluding hydrogens is 428 g/mol. The van der Waals surface area contributed by atoms with Gasteiger partial charge in [0.1, 0.15) is 14.2 Å². The first-order valence-corrected chi connectivity index (χ1v) is 13.5. The van der Waals surface area contributed by atoms with E-state index >= 15 is 0 Å². The average molecular weight is 451 g/mol. The summed E-state index contributed by atoms with van der Waals surface area (Å²) in [5.41, 5.74) is 0.519. The van der Waals surface area contributed by atoms with Crippen LogP contribution >= 0.6 is 23.1 Å². The maximum atomic E-state index is 13.0. The maximum absolute atomic E-state index is 13.0. The Morgan fingerprint density at radius 3 is 2.85 bits per heavy atom. The first-order valence-electron chi connectivity index (χ1n) is 8.47. The summed E-state index contributed by atoms with van der Waals surface area (Å²) >= 11 is 2.38. The summed E-state index contributed by atoms with van der Waals surface area (Å²) < 4.78 is 54.8. The Bertz CT molecular complexity index is 980. The molecule has 27 heavy (non-hydrogen) atoms. The zero-order valence-electron chi connectivity index (χ0n) is 14.8. The van der Waals surface area contributed by atoms with Crippen molar-refractivity contribution < 1.29 is 21.3 Å². The second-order valence-corrected chi connectivity index (χ2v) is 12.7. The number of nitrogens with one attached hydrogen (secondary N) is 1. The molecule has 2 aromatic heterocycles. The molecule has 0 aromatic carbocycles. The predicted molar refractivity (Wildman–Crippen MR) is 107 cm³/mol. The van der Waals surface area contributed by atoms with Gasteiger partial charge in [-0.15, -0.1) is 11.3 Å². The largest absolute Gasteiger partial charge is 0.468 e. The van der Waals surface area contributed by atoms with Crippen LogP contribution in [-0.2, 0) is 25.6 Å². The first kappa shape index (κ1) is 20.9. The standard InChI is InChI=1S/C16H22N2O5S4/c1-2-18-14-8-12(5-7-24-10-11-4-3-6-23-11)26(19,20)16-13(14)9-15(25-16)27(17,21)22/h3-4,6,9,12,14,18H,2,5,7-8,10H2,1H3,(H2,17,21,22). The van der Waals surface area contributed by atoms with Gasteiger partial charge in [-0.2, -0.15) is 11.8 Å². The van der Waals surface area contributed by atoms with E-state index in [1.807, 2.05) is 19.1 Å². The Morgan fingerprint density at radius 1 is 1.44 bits per heavy atom. The molecule has 0 saturated carbocycles. The minimum Gasteiger partial charge on any atom is -0.468 e. The Hall–Kier alpha value is -0.850. The lowest BCUT2D eigenvalue weighted by Crippen LogP contribution is -2.35. The molecule has 3 N–H and O–H groups in total. The quantitative estimate of drug-likeness (QED) is 0.593. The van der Waals surface area contributed by atoms with Gasteiger partial charge in [-0.25, -0.2) is 22.0 Å². The number of fused-ring (bicyclic) bond motifs is 1. The Labute approximate surface area is 167 Å². The number of thioether (sulfide) groups is 1. The molecule has 0 spiro atoms. The van der Waals surface area contributed by atoms with E-state index in [0.29, 0.717) is 36.5 Å². The zero-order chi connectivity index (χ0) is 19.7. The molecule has 2 unspecified atom stereocenters. The van der Waals surface area contributed by atoms with E-state index in [4.69, 9.17) is 9.56 Å². The van der Waals surface area contributed by atoms with E-state index in [-0.39, 0.29) is 14.5 Å². The van der Waals surface area contributed by atoms with Gasteiger partial charge in [-0.1, -0.05) is 6.92 Å². The van der Waals surface area contributed by atoms with Crippen molar-refractivity contribution in [2.45, 2.75) is 45.2 Å². The van der Waals surface area contributed by atoms with Gasteiger partial charge in [0.2, 0.25) is 10.0 Å².